The van der Waals surface area contributed by atoms with Gasteiger partial charge in [-0.05, 0) is 0 Å². The molecule has 0 fully saturated rings. The molecule has 0 bridgehead atoms. The quantitative estimate of drug-likeness (QED) is 0.116. The summed E-state index contributed by atoms with van der Waals surface area (Å²) in [5.74, 6) is 0. The summed E-state index contributed by atoms with van der Waals surface area (Å²) in [4.78, 5) is 0. The summed E-state index contributed by atoms with van der Waals surface area (Å²) in [5.41, 5.74) is 0.596. The fourth-order valence-electron chi connectivity index (χ4n) is 6.86. The summed E-state index contributed by atoms with van der Waals surface area (Å²) in [5, 5.41) is 12.9. The zero-order valence-electron chi connectivity index (χ0n) is 27.1. The molecule has 1 rings (SSSR count). The first-order chi connectivity index (χ1) is 19.5. The number of hydrogen-bond acceptors (Lipinski definition) is 1. The van der Waals surface area contributed by atoms with Crippen molar-refractivity contribution >= 4 is 48.4 Å². The topological polar surface area (TPSA) is 20.2 Å². The maximum atomic E-state index is 16.1. The molecule has 0 saturated heterocycles. The van der Waals surface area contributed by atoms with Crippen LogP contribution in [0.1, 0.15) is 130 Å². The van der Waals surface area contributed by atoms with Crippen LogP contribution in [0.2, 0.25) is 31.6 Å². The van der Waals surface area contributed by atoms with Gasteiger partial charge in [0, 0.05) is 0 Å². The Bertz CT molecular complexity index is 826. The maximum absolute atomic E-state index is 16.1. The second kappa shape index (κ2) is 20.6. The summed E-state index contributed by atoms with van der Waals surface area (Å²) in [6, 6.07) is 7.01. The molecule has 0 aromatic heterocycles. The molecule has 238 valence electrons. The Morgan fingerprint density at radius 3 is 1.24 bits per heavy atom. The van der Waals surface area contributed by atoms with E-state index in [1.54, 1.807) is 24.3 Å². The average molecular weight is 815 g/mol. The minimum absolute atomic E-state index is 0.0799. The summed E-state index contributed by atoms with van der Waals surface area (Å²) < 4.78 is 53.8. The van der Waals surface area contributed by atoms with Crippen LogP contribution in [0.4, 0.5) is 13.2 Å². The van der Waals surface area contributed by atoms with Gasteiger partial charge in [-0.2, -0.15) is 0 Å². The molecule has 1 unspecified atom stereocenters. The number of hydrogen-bond donors (Lipinski definition) is 1. The van der Waals surface area contributed by atoms with Crippen molar-refractivity contribution in [1.82, 2.24) is 0 Å². The molecule has 1 nitrogen and oxygen atoms in total. The summed E-state index contributed by atoms with van der Waals surface area (Å²) in [6.07, 6.45) is 5.67. The zero-order chi connectivity index (χ0) is 30.9. The SMILES string of the molecule is CCC[CH2][Sn]([CH2]CCC)([CH2]CCC)/[C](=[C](/C(F)(F)F)[Sn]([CH2]CCC)([CH2]CCC)[CH2]CCC)C(O)c1ccc(Cl)cc1. The van der Waals surface area contributed by atoms with Crippen molar-refractivity contribution in [3.8, 4) is 0 Å². The van der Waals surface area contributed by atoms with E-state index >= 15 is 13.2 Å². The van der Waals surface area contributed by atoms with Crippen LogP contribution in [-0.4, -0.2) is 48.0 Å². The van der Waals surface area contributed by atoms with Crippen molar-refractivity contribution in [3.05, 3.63) is 42.0 Å². The van der Waals surface area contributed by atoms with Crippen LogP contribution in [0.15, 0.2) is 31.4 Å². The van der Waals surface area contributed by atoms with E-state index < -0.39 is 49.0 Å². The van der Waals surface area contributed by atoms with E-state index in [1.165, 1.54) is 0 Å². The molecule has 41 heavy (non-hydrogen) atoms. The molecule has 0 aliphatic rings. The summed E-state index contributed by atoms with van der Waals surface area (Å²) in [7, 11) is 0. The molecular weight excluding hydrogens is 754 g/mol. The van der Waals surface area contributed by atoms with Crippen LogP contribution in [0, 0.1) is 0 Å². The molecule has 1 aromatic rings. The first-order valence-corrected chi connectivity index (χ1v) is 32.1. The number of aliphatic hydroxyl groups is 1. The van der Waals surface area contributed by atoms with Crippen molar-refractivity contribution in [1.29, 1.82) is 0 Å². The minimum atomic E-state index is -4.39. The van der Waals surface area contributed by atoms with Gasteiger partial charge in [0.1, 0.15) is 0 Å². The number of rotatable bonds is 22. The van der Waals surface area contributed by atoms with Crippen LogP contribution >= 0.6 is 11.6 Å². The molecule has 1 aromatic carbocycles. The van der Waals surface area contributed by atoms with Crippen LogP contribution in [-0.2, 0) is 0 Å². The van der Waals surface area contributed by atoms with E-state index in [4.69, 9.17) is 11.6 Å². The monoisotopic (exact) mass is 816 g/mol. The molecule has 1 N–H and O–H groups in total. The van der Waals surface area contributed by atoms with Crippen LogP contribution in [0.25, 0.3) is 0 Å². The Hall–Kier alpha value is 0.597. The predicted molar refractivity (Wildman–Crippen MR) is 179 cm³/mol. The van der Waals surface area contributed by atoms with Crippen LogP contribution in [0.5, 0.6) is 0 Å². The first-order valence-electron chi connectivity index (χ1n) is 16.8. The molecule has 0 heterocycles. The van der Waals surface area contributed by atoms with Gasteiger partial charge in [0.05, 0.1) is 0 Å². The van der Waals surface area contributed by atoms with Gasteiger partial charge in [-0.15, -0.1) is 0 Å². The summed E-state index contributed by atoms with van der Waals surface area (Å²) in [6.45, 7) is 12.8. The zero-order valence-corrected chi connectivity index (χ0v) is 33.5. The fourth-order valence-corrected chi connectivity index (χ4v) is 51.3. The molecule has 1 atom stereocenters. The van der Waals surface area contributed by atoms with Gasteiger partial charge in [-0.3, -0.25) is 0 Å². The normalized spacial score (nSPS) is 14.3. The van der Waals surface area contributed by atoms with Gasteiger partial charge < -0.3 is 0 Å². The molecule has 0 aliphatic carbocycles. The third-order valence-corrected chi connectivity index (χ3v) is 43.3. The molecule has 7 heteroatoms. The van der Waals surface area contributed by atoms with Crippen molar-refractivity contribution < 1.29 is 18.3 Å². The number of alkyl halides is 3. The third kappa shape index (κ3) is 12.1. The first kappa shape index (κ1) is 39.6. The van der Waals surface area contributed by atoms with Gasteiger partial charge in [0.25, 0.3) is 0 Å². The van der Waals surface area contributed by atoms with Gasteiger partial charge in [0.2, 0.25) is 0 Å². The average Bonchev–Trinajstić information content (AvgIpc) is 2.95. The molecular formula is C34H60ClF3OSn2. The van der Waals surface area contributed by atoms with Gasteiger partial charge in [-0.25, -0.2) is 0 Å². The second-order valence-corrected chi connectivity index (χ2v) is 39.0. The van der Waals surface area contributed by atoms with E-state index in [-0.39, 0.29) is 3.59 Å². The Labute approximate surface area is 264 Å². The molecule has 0 radical (unpaired) electrons. The van der Waals surface area contributed by atoms with E-state index in [2.05, 4.69) is 41.5 Å². The Morgan fingerprint density at radius 2 is 0.951 bits per heavy atom. The number of halogens is 4. The molecule has 0 aliphatic heterocycles. The number of unbranched alkanes of at least 4 members (excludes halogenated alkanes) is 6. The Morgan fingerprint density at radius 1 is 0.634 bits per heavy atom. The van der Waals surface area contributed by atoms with Crippen molar-refractivity contribution in [3.63, 3.8) is 0 Å². The van der Waals surface area contributed by atoms with E-state index in [9.17, 15) is 5.11 Å². The number of allylic oxidation sites excluding steroid dienone is 1. The van der Waals surface area contributed by atoms with Gasteiger partial charge in [0.15, 0.2) is 0 Å². The van der Waals surface area contributed by atoms with E-state index in [1.807, 2.05) is 0 Å². The standard InChI is InChI=1S/C10H6ClF3O.6C4H9.2Sn/c11-8-3-1-7(2-4-8)9(15)5-6-10(12,13)14;6*1-3-4-2;;/h1-4,9,15H;6*1,3-4H2,2H3;;. The van der Waals surface area contributed by atoms with Crippen molar-refractivity contribution in [2.75, 3.05) is 0 Å². The second-order valence-electron chi connectivity index (χ2n) is 12.4. The van der Waals surface area contributed by atoms with Crippen molar-refractivity contribution in [2.24, 2.45) is 0 Å². The predicted octanol–water partition coefficient (Wildman–Crippen LogP) is 13.0. The number of aliphatic hydroxyl groups excluding tert-OH is 1. The molecule has 0 amide bonds. The van der Waals surface area contributed by atoms with Gasteiger partial charge >= 0.3 is 266 Å². The Kier molecular flexibility index (Phi) is 19.9. The van der Waals surface area contributed by atoms with Crippen LogP contribution < -0.4 is 0 Å². The molecule has 0 saturated carbocycles. The van der Waals surface area contributed by atoms with E-state index in [0.717, 1.165) is 104 Å². The fraction of sp³-hybridized carbons (Fsp3) is 0.765. The summed E-state index contributed by atoms with van der Waals surface area (Å²) >= 11 is -1.60. The van der Waals surface area contributed by atoms with Gasteiger partial charge in [-0.1, -0.05) is 0 Å². The van der Waals surface area contributed by atoms with Crippen molar-refractivity contribution in [2.45, 2.75) is 157 Å². The number of benzene rings is 1. The third-order valence-electron chi connectivity index (χ3n) is 9.17. The van der Waals surface area contributed by atoms with Crippen LogP contribution in [0.3, 0.4) is 0 Å². The van der Waals surface area contributed by atoms with E-state index in [0.29, 0.717) is 14.2 Å². The Balaban J connectivity index is 4.39. The molecule has 0 spiro atoms.